The van der Waals surface area contributed by atoms with E-state index in [0.717, 1.165) is 4.47 Å². The SMILES string of the molecule is CC(NC(=O)c1cc(Br)ccc1Cl)C(C)C(=O)O. The molecule has 0 saturated carbocycles. The van der Waals surface area contributed by atoms with Crippen molar-refractivity contribution in [3.05, 3.63) is 33.3 Å². The van der Waals surface area contributed by atoms with E-state index in [1.165, 1.54) is 6.92 Å². The van der Waals surface area contributed by atoms with Crippen molar-refractivity contribution in [2.24, 2.45) is 5.92 Å². The standard InChI is InChI=1S/C12H13BrClNO3/c1-6(12(17)18)7(2)15-11(16)9-5-8(13)3-4-10(9)14/h3-7H,1-2H3,(H,15,16)(H,17,18). The summed E-state index contributed by atoms with van der Waals surface area (Å²) in [5.41, 5.74) is 0.315. The molecule has 1 aromatic rings. The van der Waals surface area contributed by atoms with E-state index in [1.54, 1.807) is 25.1 Å². The van der Waals surface area contributed by atoms with Gasteiger partial charge in [-0.15, -0.1) is 0 Å². The van der Waals surface area contributed by atoms with Crippen LogP contribution in [0.5, 0.6) is 0 Å². The number of hydrogen-bond acceptors (Lipinski definition) is 2. The zero-order chi connectivity index (χ0) is 13.9. The highest BCUT2D eigenvalue weighted by molar-refractivity contribution is 9.10. The number of carbonyl (C=O) groups excluding carboxylic acids is 1. The minimum Gasteiger partial charge on any atom is -0.481 e. The Balaban J connectivity index is 2.82. The van der Waals surface area contributed by atoms with Crippen molar-refractivity contribution in [2.45, 2.75) is 19.9 Å². The molecule has 0 heterocycles. The van der Waals surface area contributed by atoms with Gasteiger partial charge in [0.25, 0.3) is 5.91 Å². The molecule has 2 N–H and O–H groups in total. The van der Waals surface area contributed by atoms with Crippen molar-refractivity contribution >= 4 is 39.4 Å². The molecule has 1 aromatic carbocycles. The summed E-state index contributed by atoms with van der Waals surface area (Å²) in [6, 6.07) is 4.44. The third kappa shape index (κ3) is 3.71. The van der Waals surface area contributed by atoms with E-state index in [0.29, 0.717) is 10.6 Å². The van der Waals surface area contributed by atoms with E-state index in [2.05, 4.69) is 21.2 Å². The first kappa shape index (κ1) is 15.0. The topological polar surface area (TPSA) is 66.4 Å². The van der Waals surface area contributed by atoms with Gasteiger partial charge in [0.15, 0.2) is 0 Å². The van der Waals surface area contributed by atoms with Crippen molar-refractivity contribution < 1.29 is 14.7 Å². The Labute approximate surface area is 118 Å². The number of nitrogens with one attached hydrogen (secondary N) is 1. The van der Waals surface area contributed by atoms with Crippen molar-refractivity contribution in [2.75, 3.05) is 0 Å². The molecule has 1 rings (SSSR count). The second kappa shape index (κ2) is 6.20. The van der Waals surface area contributed by atoms with Gasteiger partial charge in [0.1, 0.15) is 0 Å². The Bertz CT molecular complexity index is 478. The molecule has 0 saturated heterocycles. The van der Waals surface area contributed by atoms with E-state index in [1.807, 2.05) is 0 Å². The molecule has 0 aliphatic rings. The number of carboxylic acid groups (broad SMARTS) is 1. The molecule has 0 radical (unpaired) electrons. The van der Waals surface area contributed by atoms with Gasteiger partial charge in [-0.2, -0.15) is 0 Å². The van der Waals surface area contributed by atoms with Crippen LogP contribution in [0.4, 0.5) is 0 Å². The second-order valence-electron chi connectivity index (χ2n) is 4.01. The minimum atomic E-state index is -0.955. The van der Waals surface area contributed by atoms with Crippen LogP contribution in [0.3, 0.4) is 0 Å². The van der Waals surface area contributed by atoms with Gasteiger partial charge in [-0.1, -0.05) is 27.5 Å². The molecule has 0 spiro atoms. The van der Waals surface area contributed by atoms with Crippen LogP contribution in [0.25, 0.3) is 0 Å². The molecule has 0 aliphatic heterocycles. The number of carbonyl (C=O) groups is 2. The third-order valence-electron chi connectivity index (χ3n) is 2.67. The molecule has 2 atom stereocenters. The highest BCUT2D eigenvalue weighted by atomic mass is 79.9. The number of carboxylic acids is 1. The van der Waals surface area contributed by atoms with Crippen LogP contribution in [-0.4, -0.2) is 23.0 Å². The predicted octanol–water partition coefficient (Wildman–Crippen LogP) is 2.94. The summed E-state index contributed by atoms with van der Waals surface area (Å²) >= 11 is 9.17. The number of benzene rings is 1. The largest absolute Gasteiger partial charge is 0.481 e. The molecule has 0 bridgehead atoms. The molecule has 1 amide bonds. The number of amides is 1. The normalized spacial score (nSPS) is 13.8. The van der Waals surface area contributed by atoms with E-state index in [4.69, 9.17) is 16.7 Å². The number of aliphatic carboxylic acids is 1. The average Bonchev–Trinajstić information content (AvgIpc) is 2.30. The predicted molar refractivity (Wildman–Crippen MR) is 72.9 cm³/mol. The Morgan fingerprint density at radius 1 is 1.39 bits per heavy atom. The summed E-state index contributed by atoms with van der Waals surface area (Å²) in [6.45, 7) is 3.18. The third-order valence-corrected chi connectivity index (χ3v) is 3.49. The lowest BCUT2D eigenvalue weighted by Crippen LogP contribution is -2.40. The fourth-order valence-electron chi connectivity index (χ4n) is 1.29. The van der Waals surface area contributed by atoms with Gasteiger partial charge in [0, 0.05) is 10.5 Å². The minimum absolute atomic E-state index is 0.315. The zero-order valence-electron chi connectivity index (χ0n) is 9.91. The lowest BCUT2D eigenvalue weighted by molar-refractivity contribution is -0.141. The second-order valence-corrected chi connectivity index (χ2v) is 5.34. The lowest BCUT2D eigenvalue weighted by atomic mass is 10.0. The summed E-state index contributed by atoms with van der Waals surface area (Å²) in [6.07, 6.45) is 0. The van der Waals surface area contributed by atoms with Crippen LogP contribution in [0.15, 0.2) is 22.7 Å². The maximum atomic E-state index is 11.9. The van der Waals surface area contributed by atoms with Gasteiger partial charge in [0.2, 0.25) is 0 Å². The fraction of sp³-hybridized carbons (Fsp3) is 0.333. The van der Waals surface area contributed by atoms with Crippen molar-refractivity contribution in [1.82, 2.24) is 5.32 Å². The average molecular weight is 335 g/mol. The lowest BCUT2D eigenvalue weighted by Gasteiger charge is -2.18. The summed E-state index contributed by atoms with van der Waals surface area (Å²) in [4.78, 5) is 22.7. The molecule has 18 heavy (non-hydrogen) atoms. The Hall–Kier alpha value is -1.07. The number of halogens is 2. The van der Waals surface area contributed by atoms with E-state index >= 15 is 0 Å². The van der Waals surface area contributed by atoms with Crippen LogP contribution >= 0.6 is 27.5 Å². The Morgan fingerprint density at radius 2 is 2.00 bits per heavy atom. The zero-order valence-corrected chi connectivity index (χ0v) is 12.2. The van der Waals surface area contributed by atoms with Gasteiger partial charge in [-0.3, -0.25) is 9.59 Å². The Kier molecular flexibility index (Phi) is 5.16. The molecule has 0 aromatic heterocycles. The smallest absolute Gasteiger partial charge is 0.308 e. The highest BCUT2D eigenvalue weighted by Gasteiger charge is 2.22. The van der Waals surface area contributed by atoms with Gasteiger partial charge >= 0.3 is 5.97 Å². The summed E-state index contributed by atoms with van der Waals surface area (Å²) in [7, 11) is 0. The number of hydrogen-bond donors (Lipinski definition) is 2. The summed E-state index contributed by atoms with van der Waals surface area (Å²) in [5, 5.41) is 11.8. The van der Waals surface area contributed by atoms with Crippen molar-refractivity contribution in [1.29, 1.82) is 0 Å². The van der Waals surface area contributed by atoms with Crippen LogP contribution in [0.1, 0.15) is 24.2 Å². The first-order valence-corrected chi connectivity index (χ1v) is 6.48. The summed E-state index contributed by atoms with van der Waals surface area (Å²) < 4.78 is 0.732. The maximum Gasteiger partial charge on any atom is 0.308 e. The monoisotopic (exact) mass is 333 g/mol. The maximum absolute atomic E-state index is 11.9. The Morgan fingerprint density at radius 3 is 2.56 bits per heavy atom. The van der Waals surface area contributed by atoms with Crippen LogP contribution in [0, 0.1) is 5.92 Å². The first-order valence-electron chi connectivity index (χ1n) is 5.31. The van der Waals surface area contributed by atoms with E-state index in [-0.39, 0.29) is 5.91 Å². The molecule has 4 nitrogen and oxygen atoms in total. The van der Waals surface area contributed by atoms with Crippen molar-refractivity contribution in [3.63, 3.8) is 0 Å². The molecule has 6 heteroatoms. The van der Waals surface area contributed by atoms with E-state index < -0.39 is 17.9 Å². The quantitative estimate of drug-likeness (QED) is 0.889. The van der Waals surface area contributed by atoms with Crippen LogP contribution in [-0.2, 0) is 4.79 Å². The number of rotatable bonds is 4. The molecular weight excluding hydrogens is 321 g/mol. The molecule has 2 unspecified atom stereocenters. The molecular formula is C12H13BrClNO3. The molecule has 0 fully saturated rings. The molecule has 0 aliphatic carbocycles. The van der Waals surface area contributed by atoms with Crippen LogP contribution < -0.4 is 5.32 Å². The van der Waals surface area contributed by atoms with Gasteiger partial charge in [-0.05, 0) is 32.0 Å². The van der Waals surface area contributed by atoms with Gasteiger partial charge in [-0.25, -0.2) is 0 Å². The van der Waals surface area contributed by atoms with Gasteiger partial charge < -0.3 is 10.4 Å². The first-order chi connectivity index (χ1) is 8.32. The molecule has 98 valence electrons. The van der Waals surface area contributed by atoms with Crippen LogP contribution in [0.2, 0.25) is 5.02 Å². The van der Waals surface area contributed by atoms with E-state index in [9.17, 15) is 9.59 Å². The summed E-state index contributed by atoms with van der Waals surface area (Å²) in [5.74, 6) is -2.01. The highest BCUT2D eigenvalue weighted by Crippen LogP contribution is 2.21. The van der Waals surface area contributed by atoms with Gasteiger partial charge in [0.05, 0.1) is 16.5 Å². The van der Waals surface area contributed by atoms with Crippen molar-refractivity contribution in [3.8, 4) is 0 Å². The fourth-order valence-corrected chi connectivity index (χ4v) is 1.86.